The summed E-state index contributed by atoms with van der Waals surface area (Å²) in [5.41, 5.74) is 3.89. The number of fused-ring (bicyclic) bond motifs is 3. The van der Waals surface area contributed by atoms with Gasteiger partial charge in [-0.1, -0.05) is 17.7 Å². The Hall–Kier alpha value is -2.73. The number of nitro groups is 1. The Bertz CT molecular complexity index is 878. The Balaban J connectivity index is 1.73. The topological polar surface area (TPSA) is 66.7 Å². The van der Waals surface area contributed by atoms with E-state index in [0.717, 1.165) is 25.2 Å². The lowest BCUT2D eigenvalue weighted by Gasteiger charge is -2.36. The molecule has 2 aromatic rings. The van der Waals surface area contributed by atoms with Crippen molar-refractivity contribution in [3.8, 4) is 0 Å². The van der Waals surface area contributed by atoms with Gasteiger partial charge in [0.15, 0.2) is 0 Å². The van der Waals surface area contributed by atoms with Gasteiger partial charge in [0.1, 0.15) is 0 Å². The van der Waals surface area contributed by atoms with Crippen LogP contribution in [-0.2, 0) is 0 Å². The molecule has 6 nitrogen and oxygen atoms in total. The number of nitro benzene ring substituents is 1. The number of amides is 1. The molecule has 2 aliphatic heterocycles. The molecule has 2 atom stereocenters. The second kappa shape index (κ2) is 6.21. The highest BCUT2D eigenvalue weighted by molar-refractivity contribution is 6.08. The zero-order chi connectivity index (χ0) is 18.4. The maximum absolute atomic E-state index is 13.3. The maximum Gasteiger partial charge on any atom is 0.269 e. The number of aryl methyl sites for hydroxylation is 1. The van der Waals surface area contributed by atoms with Crippen molar-refractivity contribution >= 4 is 17.3 Å². The molecule has 0 aromatic heterocycles. The number of carbonyl (C=O) groups excluding carboxylic acids is 1. The number of anilines is 1. The van der Waals surface area contributed by atoms with Gasteiger partial charge in [-0.2, -0.15) is 0 Å². The molecule has 6 heteroatoms. The third-order valence-corrected chi connectivity index (χ3v) is 5.50. The fourth-order valence-corrected chi connectivity index (χ4v) is 4.21. The summed E-state index contributed by atoms with van der Waals surface area (Å²) in [7, 11) is 2.12. The molecule has 134 valence electrons. The molecule has 2 aromatic carbocycles. The van der Waals surface area contributed by atoms with Crippen LogP contribution in [-0.4, -0.2) is 41.9 Å². The second-order valence-corrected chi connectivity index (χ2v) is 7.27. The second-order valence-electron chi connectivity index (χ2n) is 7.27. The number of hydrogen-bond donors (Lipinski definition) is 0. The number of rotatable bonds is 2. The van der Waals surface area contributed by atoms with E-state index in [1.54, 1.807) is 12.1 Å². The monoisotopic (exact) mass is 351 g/mol. The van der Waals surface area contributed by atoms with Gasteiger partial charge in [-0.05, 0) is 50.7 Å². The van der Waals surface area contributed by atoms with Crippen LogP contribution in [0, 0.1) is 17.0 Å². The molecule has 26 heavy (non-hydrogen) atoms. The van der Waals surface area contributed by atoms with Gasteiger partial charge >= 0.3 is 0 Å². The van der Waals surface area contributed by atoms with Crippen molar-refractivity contribution in [2.45, 2.75) is 25.3 Å². The van der Waals surface area contributed by atoms with Gasteiger partial charge in [-0.3, -0.25) is 14.9 Å². The highest BCUT2D eigenvalue weighted by atomic mass is 16.6. The summed E-state index contributed by atoms with van der Waals surface area (Å²) >= 11 is 0. The molecule has 0 spiro atoms. The van der Waals surface area contributed by atoms with Crippen molar-refractivity contribution in [2.75, 3.05) is 25.0 Å². The molecule has 4 rings (SSSR count). The molecule has 0 radical (unpaired) electrons. The van der Waals surface area contributed by atoms with E-state index in [1.165, 1.54) is 23.3 Å². The molecule has 0 aliphatic carbocycles. The van der Waals surface area contributed by atoms with Crippen LogP contribution in [0.2, 0.25) is 0 Å². The molecule has 1 fully saturated rings. The average molecular weight is 351 g/mol. The first-order chi connectivity index (χ1) is 12.5. The highest BCUT2D eigenvalue weighted by Gasteiger charge is 2.44. The molecule has 1 saturated heterocycles. The van der Waals surface area contributed by atoms with Crippen molar-refractivity contribution in [3.05, 3.63) is 69.3 Å². The molecule has 0 bridgehead atoms. The van der Waals surface area contributed by atoms with Crippen molar-refractivity contribution in [1.82, 2.24) is 4.90 Å². The van der Waals surface area contributed by atoms with Gasteiger partial charge in [-0.15, -0.1) is 0 Å². The number of piperidine rings is 1. The van der Waals surface area contributed by atoms with E-state index in [1.807, 2.05) is 17.0 Å². The van der Waals surface area contributed by atoms with E-state index in [9.17, 15) is 14.9 Å². The molecule has 0 N–H and O–H groups in total. The quantitative estimate of drug-likeness (QED) is 0.615. The Morgan fingerprint density at radius 1 is 1.19 bits per heavy atom. The highest BCUT2D eigenvalue weighted by Crippen LogP contribution is 2.45. The number of nitrogens with zero attached hydrogens (tertiary/aromatic N) is 3. The summed E-state index contributed by atoms with van der Waals surface area (Å²) in [6, 6.07) is 12.3. The van der Waals surface area contributed by atoms with E-state index in [2.05, 4.69) is 24.9 Å². The lowest BCUT2D eigenvalue weighted by molar-refractivity contribution is -0.384. The SMILES string of the molecule is Cc1ccc2c(c1)[C@H]1CN(C)CC[C@@H]1N2C(=O)c1ccc([N+](=O)[O-])cc1. The first kappa shape index (κ1) is 16.7. The zero-order valence-electron chi connectivity index (χ0n) is 14.9. The van der Waals surface area contributed by atoms with Crippen LogP contribution in [0.3, 0.4) is 0 Å². The van der Waals surface area contributed by atoms with E-state index in [4.69, 9.17) is 0 Å². The van der Waals surface area contributed by atoms with E-state index >= 15 is 0 Å². The number of likely N-dealkylation sites (tertiary alicyclic amines) is 1. The molecular formula is C20H21N3O3. The summed E-state index contributed by atoms with van der Waals surface area (Å²) in [5, 5.41) is 10.9. The van der Waals surface area contributed by atoms with Gasteiger partial charge in [0, 0.05) is 41.9 Å². The van der Waals surface area contributed by atoms with Crippen LogP contribution < -0.4 is 4.90 Å². The van der Waals surface area contributed by atoms with Crippen LogP contribution in [0.4, 0.5) is 11.4 Å². The maximum atomic E-state index is 13.3. The van der Waals surface area contributed by atoms with Crippen LogP contribution in [0.15, 0.2) is 42.5 Å². The predicted octanol–water partition coefficient (Wildman–Crippen LogP) is 3.35. The lowest BCUT2D eigenvalue weighted by atomic mass is 9.88. The largest absolute Gasteiger partial charge is 0.306 e. The van der Waals surface area contributed by atoms with Crippen LogP contribution in [0.5, 0.6) is 0 Å². The molecule has 0 unspecified atom stereocenters. The van der Waals surface area contributed by atoms with Crippen molar-refractivity contribution < 1.29 is 9.72 Å². The summed E-state index contributed by atoms with van der Waals surface area (Å²) < 4.78 is 0. The number of hydrogen-bond acceptors (Lipinski definition) is 4. The summed E-state index contributed by atoms with van der Waals surface area (Å²) in [4.78, 5) is 27.9. The molecule has 1 amide bonds. The van der Waals surface area contributed by atoms with Crippen LogP contribution >= 0.6 is 0 Å². The first-order valence-electron chi connectivity index (χ1n) is 8.83. The van der Waals surface area contributed by atoms with Gasteiger partial charge in [-0.25, -0.2) is 0 Å². The summed E-state index contributed by atoms with van der Waals surface area (Å²) in [5.74, 6) is 0.229. The van der Waals surface area contributed by atoms with E-state index in [0.29, 0.717) is 11.5 Å². The predicted molar refractivity (Wildman–Crippen MR) is 99.7 cm³/mol. The average Bonchev–Trinajstić information content (AvgIpc) is 2.94. The standard InChI is InChI=1S/C20H21N3O3/c1-13-3-8-18-16(11-13)17-12-21(2)10-9-19(17)22(18)20(24)14-4-6-15(7-5-14)23(25)26/h3-8,11,17,19H,9-10,12H2,1-2H3/t17-,19+/m1/s1. The van der Waals surface area contributed by atoms with Gasteiger partial charge in [0.25, 0.3) is 11.6 Å². The smallest absolute Gasteiger partial charge is 0.269 e. The Morgan fingerprint density at radius 3 is 2.62 bits per heavy atom. The van der Waals surface area contributed by atoms with Gasteiger partial charge < -0.3 is 9.80 Å². The molecule has 2 heterocycles. The fraction of sp³-hybridized carbons (Fsp3) is 0.350. The molecular weight excluding hydrogens is 330 g/mol. The van der Waals surface area contributed by atoms with Gasteiger partial charge in [0.2, 0.25) is 0 Å². The Kier molecular flexibility index (Phi) is 4.00. The normalized spacial score (nSPS) is 22.0. The number of likely N-dealkylation sites (N-methyl/N-ethyl adjacent to an activating group) is 1. The Morgan fingerprint density at radius 2 is 1.92 bits per heavy atom. The summed E-state index contributed by atoms with van der Waals surface area (Å²) in [6.07, 6.45) is 0.924. The van der Waals surface area contributed by atoms with E-state index in [-0.39, 0.29) is 17.6 Å². The van der Waals surface area contributed by atoms with Crippen molar-refractivity contribution in [3.63, 3.8) is 0 Å². The van der Waals surface area contributed by atoms with E-state index < -0.39 is 4.92 Å². The third-order valence-electron chi connectivity index (χ3n) is 5.50. The fourth-order valence-electron chi connectivity index (χ4n) is 4.21. The molecule has 0 saturated carbocycles. The van der Waals surface area contributed by atoms with Crippen LogP contribution in [0.1, 0.15) is 33.8 Å². The number of benzene rings is 2. The number of carbonyl (C=O) groups is 1. The van der Waals surface area contributed by atoms with Crippen LogP contribution in [0.25, 0.3) is 0 Å². The summed E-state index contributed by atoms with van der Waals surface area (Å²) in [6.45, 7) is 3.96. The lowest BCUT2D eigenvalue weighted by Crippen LogP contribution is -2.47. The third kappa shape index (κ3) is 2.66. The Labute approximate surface area is 152 Å². The number of non-ortho nitro benzene ring substituents is 1. The minimum absolute atomic E-state index is 0.00355. The molecule has 2 aliphatic rings. The zero-order valence-corrected chi connectivity index (χ0v) is 14.9. The minimum atomic E-state index is -0.449. The first-order valence-corrected chi connectivity index (χ1v) is 8.83. The minimum Gasteiger partial charge on any atom is -0.306 e. The van der Waals surface area contributed by atoms with Crippen molar-refractivity contribution in [2.24, 2.45) is 0 Å². The van der Waals surface area contributed by atoms with Gasteiger partial charge in [0.05, 0.1) is 4.92 Å². The van der Waals surface area contributed by atoms with Crippen molar-refractivity contribution in [1.29, 1.82) is 0 Å².